The zero-order chi connectivity index (χ0) is 19.3. The highest BCUT2D eigenvalue weighted by Crippen LogP contribution is 2.29. The number of alkyl halides is 3. The van der Waals surface area contributed by atoms with Crippen LogP contribution in [0.3, 0.4) is 0 Å². The van der Waals surface area contributed by atoms with Gasteiger partial charge in [0.1, 0.15) is 5.82 Å². The first-order valence-corrected chi connectivity index (χ1v) is 9.66. The highest BCUT2D eigenvalue weighted by molar-refractivity contribution is 8.00. The van der Waals surface area contributed by atoms with E-state index in [2.05, 4.69) is 10.3 Å². The van der Waals surface area contributed by atoms with E-state index in [0.717, 1.165) is 30.0 Å². The number of rotatable bonds is 5. The molecule has 1 aliphatic heterocycles. The van der Waals surface area contributed by atoms with Gasteiger partial charge in [0.05, 0.1) is 11.3 Å². The van der Waals surface area contributed by atoms with Crippen molar-refractivity contribution in [3.63, 3.8) is 0 Å². The molecule has 144 valence electrons. The second kappa shape index (κ2) is 8.65. The summed E-state index contributed by atoms with van der Waals surface area (Å²) in [6.45, 7) is 1.25. The molecular weight excluding hydrogens is 375 g/mol. The molecule has 0 spiro atoms. The van der Waals surface area contributed by atoms with E-state index >= 15 is 0 Å². The lowest BCUT2D eigenvalue weighted by molar-refractivity contribution is -0.137. The number of pyridine rings is 1. The van der Waals surface area contributed by atoms with Crippen LogP contribution in [0.1, 0.15) is 18.4 Å². The monoisotopic (exact) mass is 395 g/mol. The van der Waals surface area contributed by atoms with Crippen LogP contribution in [0.2, 0.25) is 0 Å². The summed E-state index contributed by atoms with van der Waals surface area (Å²) >= 11 is 1.47. The average molecular weight is 395 g/mol. The van der Waals surface area contributed by atoms with Gasteiger partial charge in [0.25, 0.3) is 0 Å². The third kappa shape index (κ3) is 5.63. The number of anilines is 1. The molecule has 0 aliphatic carbocycles. The third-order valence-corrected chi connectivity index (χ3v) is 5.31. The number of piperidine rings is 1. The van der Waals surface area contributed by atoms with Crippen LogP contribution in [0.15, 0.2) is 53.6 Å². The maximum Gasteiger partial charge on any atom is 0.417 e. The van der Waals surface area contributed by atoms with Crippen LogP contribution in [0.4, 0.5) is 19.0 Å². The van der Waals surface area contributed by atoms with E-state index in [1.54, 1.807) is 0 Å². The molecule has 1 saturated heterocycles. The van der Waals surface area contributed by atoms with Gasteiger partial charge in [-0.3, -0.25) is 4.79 Å². The Bertz CT molecular complexity index is 753. The minimum atomic E-state index is -4.39. The van der Waals surface area contributed by atoms with Gasteiger partial charge in [-0.15, -0.1) is 11.8 Å². The topological polar surface area (TPSA) is 45.2 Å². The Labute approximate surface area is 160 Å². The highest BCUT2D eigenvalue weighted by Gasteiger charge is 2.31. The molecule has 2 heterocycles. The molecule has 1 atom stereocenters. The average Bonchev–Trinajstić information content (AvgIpc) is 2.67. The summed E-state index contributed by atoms with van der Waals surface area (Å²) in [5.41, 5.74) is -0.758. The zero-order valence-electron chi connectivity index (χ0n) is 14.6. The Morgan fingerprint density at radius 1 is 1.22 bits per heavy atom. The summed E-state index contributed by atoms with van der Waals surface area (Å²) in [5, 5.41) is 3.02. The molecule has 27 heavy (non-hydrogen) atoms. The number of carbonyl (C=O) groups excluding carboxylic acids is 1. The minimum Gasteiger partial charge on any atom is -0.355 e. The molecule has 4 nitrogen and oxygen atoms in total. The first-order valence-electron chi connectivity index (χ1n) is 8.67. The number of nitrogens with zero attached hydrogens (tertiary/aromatic N) is 2. The number of amides is 1. The van der Waals surface area contributed by atoms with Gasteiger partial charge in [0, 0.05) is 30.2 Å². The number of thioether (sulfide) groups is 1. The van der Waals surface area contributed by atoms with Crippen molar-refractivity contribution in [1.29, 1.82) is 0 Å². The fourth-order valence-electron chi connectivity index (χ4n) is 2.98. The van der Waals surface area contributed by atoms with Crippen molar-refractivity contribution >= 4 is 23.5 Å². The number of benzene rings is 1. The van der Waals surface area contributed by atoms with Crippen molar-refractivity contribution in [1.82, 2.24) is 10.3 Å². The predicted octanol–water partition coefficient (Wildman–Crippen LogP) is 3.98. The first kappa shape index (κ1) is 19.5. The normalized spacial score (nSPS) is 17.6. The fraction of sp³-hybridized carbons (Fsp3) is 0.368. The van der Waals surface area contributed by atoms with Crippen molar-refractivity contribution in [3.05, 3.63) is 54.2 Å². The Morgan fingerprint density at radius 3 is 2.67 bits per heavy atom. The van der Waals surface area contributed by atoms with Crippen LogP contribution >= 0.6 is 11.8 Å². The van der Waals surface area contributed by atoms with E-state index in [0.29, 0.717) is 24.7 Å². The largest absolute Gasteiger partial charge is 0.417 e. The molecule has 1 unspecified atom stereocenters. The molecule has 3 rings (SSSR count). The summed E-state index contributed by atoms with van der Waals surface area (Å²) < 4.78 is 38.0. The van der Waals surface area contributed by atoms with Crippen molar-refractivity contribution in [3.8, 4) is 0 Å². The number of aromatic nitrogens is 1. The van der Waals surface area contributed by atoms with E-state index in [4.69, 9.17) is 0 Å². The van der Waals surface area contributed by atoms with Crippen LogP contribution in [-0.2, 0) is 11.0 Å². The van der Waals surface area contributed by atoms with Gasteiger partial charge in [-0.05, 0) is 37.1 Å². The van der Waals surface area contributed by atoms with Gasteiger partial charge in [-0.2, -0.15) is 13.2 Å². The SMILES string of the molecule is O=C(CSc1ccccc1)NC1CCCN(c2ccc(C(F)(F)F)cn2)C1. The van der Waals surface area contributed by atoms with Gasteiger partial charge in [0.2, 0.25) is 5.91 Å². The number of carbonyl (C=O) groups is 1. The molecule has 1 amide bonds. The van der Waals surface area contributed by atoms with Crippen molar-refractivity contribution in [2.75, 3.05) is 23.7 Å². The quantitative estimate of drug-likeness (QED) is 0.778. The summed E-state index contributed by atoms with van der Waals surface area (Å²) in [6.07, 6.45) is -1.84. The molecule has 0 saturated carbocycles. The van der Waals surface area contributed by atoms with Gasteiger partial charge in [0.15, 0.2) is 0 Å². The molecule has 0 bridgehead atoms. The summed E-state index contributed by atoms with van der Waals surface area (Å²) in [4.78, 5) is 19.1. The van der Waals surface area contributed by atoms with Gasteiger partial charge >= 0.3 is 6.18 Å². The highest BCUT2D eigenvalue weighted by atomic mass is 32.2. The van der Waals surface area contributed by atoms with Crippen molar-refractivity contribution in [2.45, 2.75) is 30.0 Å². The second-order valence-electron chi connectivity index (χ2n) is 6.36. The Balaban J connectivity index is 1.52. The van der Waals surface area contributed by atoms with E-state index in [1.165, 1.54) is 17.8 Å². The lowest BCUT2D eigenvalue weighted by Crippen LogP contribution is -2.48. The smallest absolute Gasteiger partial charge is 0.355 e. The molecule has 1 N–H and O–H groups in total. The number of hydrogen-bond donors (Lipinski definition) is 1. The van der Waals surface area contributed by atoms with E-state index in [9.17, 15) is 18.0 Å². The minimum absolute atomic E-state index is 0.0354. The van der Waals surface area contributed by atoms with Gasteiger partial charge < -0.3 is 10.2 Å². The number of halogens is 3. The van der Waals surface area contributed by atoms with E-state index in [1.807, 2.05) is 35.2 Å². The lowest BCUT2D eigenvalue weighted by atomic mass is 10.1. The van der Waals surface area contributed by atoms with E-state index in [-0.39, 0.29) is 11.9 Å². The van der Waals surface area contributed by atoms with Crippen molar-refractivity contribution in [2.24, 2.45) is 0 Å². The van der Waals surface area contributed by atoms with Crippen LogP contribution in [0.5, 0.6) is 0 Å². The summed E-state index contributed by atoms with van der Waals surface area (Å²) in [7, 11) is 0. The summed E-state index contributed by atoms with van der Waals surface area (Å²) in [5.74, 6) is 0.788. The Morgan fingerprint density at radius 2 is 2.00 bits per heavy atom. The molecule has 2 aromatic rings. The first-order chi connectivity index (χ1) is 12.9. The maximum absolute atomic E-state index is 12.7. The molecule has 1 fully saturated rings. The third-order valence-electron chi connectivity index (χ3n) is 4.30. The maximum atomic E-state index is 12.7. The molecule has 0 radical (unpaired) electrons. The Kier molecular flexibility index (Phi) is 6.26. The second-order valence-corrected chi connectivity index (χ2v) is 7.41. The molecule has 1 aromatic heterocycles. The van der Waals surface area contributed by atoms with Gasteiger partial charge in [-0.1, -0.05) is 18.2 Å². The van der Waals surface area contributed by atoms with Gasteiger partial charge in [-0.25, -0.2) is 4.98 Å². The van der Waals surface area contributed by atoms with Crippen LogP contribution in [-0.4, -0.2) is 35.8 Å². The molecule has 1 aromatic carbocycles. The molecular formula is C19H20F3N3OS. The Hall–Kier alpha value is -2.22. The fourth-order valence-corrected chi connectivity index (χ4v) is 3.71. The van der Waals surface area contributed by atoms with Crippen LogP contribution < -0.4 is 10.2 Å². The van der Waals surface area contributed by atoms with Crippen LogP contribution in [0.25, 0.3) is 0 Å². The standard InChI is InChI=1S/C19H20F3N3OS/c20-19(21,22)14-8-9-17(23-11-14)25-10-4-5-15(12-25)24-18(26)13-27-16-6-2-1-3-7-16/h1-3,6-9,11,15H,4-5,10,12-13H2,(H,24,26). The number of nitrogens with one attached hydrogen (secondary N) is 1. The van der Waals surface area contributed by atoms with Crippen molar-refractivity contribution < 1.29 is 18.0 Å². The summed E-state index contributed by atoms with van der Waals surface area (Å²) in [6, 6.07) is 12.1. The lowest BCUT2D eigenvalue weighted by Gasteiger charge is -2.34. The van der Waals surface area contributed by atoms with Crippen LogP contribution in [0, 0.1) is 0 Å². The number of hydrogen-bond acceptors (Lipinski definition) is 4. The van der Waals surface area contributed by atoms with E-state index < -0.39 is 11.7 Å². The molecule has 8 heteroatoms. The predicted molar refractivity (Wildman–Crippen MR) is 99.8 cm³/mol. The molecule has 1 aliphatic rings. The zero-order valence-corrected chi connectivity index (χ0v) is 15.4.